The number of hydrogen-bond acceptors (Lipinski definition) is 3. The van der Waals surface area contributed by atoms with Crippen molar-refractivity contribution >= 4 is 11.8 Å². The van der Waals surface area contributed by atoms with Crippen molar-refractivity contribution in [2.45, 2.75) is 39.2 Å². The summed E-state index contributed by atoms with van der Waals surface area (Å²) in [5.41, 5.74) is 0.742. The van der Waals surface area contributed by atoms with E-state index in [-0.39, 0.29) is 23.9 Å². The fourth-order valence-electron chi connectivity index (χ4n) is 1.82. The van der Waals surface area contributed by atoms with Crippen LogP contribution in [0.1, 0.15) is 32.8 Å². The minimum Gasteiger partial charge on any atom is -0.497 e. The number of methoxy groups -OCH3 is 1. The monoisotopic (exact) mass is 292 g/mol. The van der Waals surface area contributed by atoms with Gasteiger partial charge in [0.25, 0.3) is 0 Å². The molecule has 0 saturated carbocycles. The van der Waals surface area contributed by atoms with E-state index in [0.29, 0.717) is 12.8 Å². The highest BCUT2D eigenvalue weighted by Crippen LogP contribution is 2.13. The van der Waals surface area contributed by atoms with Gasteiger partial charge in [0.15, 0.2) is 0 Å². The lowest BCUT2D eigenvalue weighted by molar-refractivity contribution is -0.126. The van der Waals surface area contributed by atoms with Gasteiger partial charge in [-0.2, -0.15) is 0 Å². The third-order valence-corrected chi connectivity index (χ3v) is 2.74. The first-order valence-corrected chi connectivity index (χ1v) is 7.01. The number of carbonyl (C=O) groups is 2. The van der Waals surface area contributed by atoms with Crippen LogP contribution in [0, 0.1) is 0 Å². The predicted octanol–water partition coefficient (Wildman–Crippen LogP) is 1.66. The quantitative estimate of drug-likeness (QED) is 0.838. The number of nitrogens with one attached hydrogen (secondary N) is 2. The van der Waals surface area contributed by atoms with Gasteiger partial charge in [-0.1, -0.05) is 12.1 Å². The third-order valence-electron chi connectivity index (χ3n) is 2.74. The van der Waals surface area contributed by atoms with Crippen molar-refractivity contribution in [3.05, 3.63) is 29.8 Å². The van der Waals surface area contributed by atoms with Gasteiger partial charge in [0.2, 0.25) is 11.8 Å². The van der Waals surface area contributed by atoms with Crippen molar-refractivity contribution in [3.8, 4) is 5.75 Å². The Morgan fingerprint density at radius 3 is 2.52 bits per heavy atom. The molecular formula is C16H24N2O3. The summed E-state index contributed by atoms with van der Waals surface area (Å²) in [6, 6.07) is 7.60. The van der Waals surface area contributed by atoms with Gasteiger partial charge in [0.1, 0.15) is 5.75 Å². The van der Waals surface area contributed by atoms with Crippen LogP contribution in [0.15, 0.2) is 24.3 Å². The molecule has 0 aliphatic carbocycles. The van der Waals surface area contributed by atoms with Gasteiger partial charge in [0, 0.05) is 12.0 Å². The van der Waals surface area contributed by atoms with Gasteiger partial charge in [-0.05, 0) is 44.9 Å². The molecule has 0 atom stereocenters. The molecule has 2 amide bonds. The Balaban J connectivity index is 2.32. The molecule has 21 heavy (non-hydrogen) atoms. The number of rotatable bonds is 6. The minimum atomic E-state index is -0.289. The highest BCUT2D eigenvalue weighted by atomic mass is 16.5. The molecule has 0 saturated heterocycles. The minimum absolute atomic E-state index is 0.00815. The molecule has 1 rings (SSSR count). The molecule has 0 aliphatic heterocycles. The lowest BCUT2D eigenvalue weighted by Crippen LogP contribution is -2.45. The fourth-order valence-corrected chi connectivity index (χ4v) is 1.82. The zero-order valence-corrected chi connectivity index (χ0v) is 13.2. The van der Waals surface area contributed by atoms with Crippen LogP contribution >= 0.6 is 0 Å². The molecule has 2 N–H and O–H groups in total. The molecule has 1 aromatic rings. The molecule has 0 aromatic heterocycles. The third kappa shape index (κ3) is 7.34. The molecule has 1 aromatic carbocycles. The van der Waals surface area contributed by atoms with E-state index < -0.39 is 0 Å². The molecule has 0 fully saturated rings. The molecule has 5 heteroatoms. The Labute approximate surface area is 126 Å². The summed E-state index contributed by atoms with van der Waals surface area (Å²) in [6.45, 7) is 5.70. The number of carbonyl (C=O) groups excluding carboxylic acids is 2. The summed E-state index contributed by atoms with van der Waals surface area (Å²) in [6.07, 6.45) is 0.958. The summed E-state index contributed by atoms with van der Waals surface area (Å²) in [4.78, 5) is 23.3. The largest absolute Gasteiger partial charge is 0.497 e. The molecule has 0 heterocycles. The second-order valence-corrected chi connectivity index (χ2v) is 5.93. The van der Waals surface area contributed by atoms with Crippen molar-refractivity contribution in [1.29, 1.82) is 0 Å². The lowest BCUT2D eigenvalue weighted by Gasteiger charge is -2.20. The number of ether oxygens (including phenoxy) is 1. The average Bonchev–Trinajstić information content (AvgIpc) is 2.41. The van der Waals surface area contributed by atoms with Gasteiger partial charge in [-0.25, -0.2) is 0 Å². The van der Waals surface area contributed by atoms with Crippen LogP contribution in [0.25, 0.3) is 0 Å². The van der Waals surface area contributed by atoms with E-state index in [0.717, 1.165) is 11.3 Å². The van der Waals surface area contributed by atoms with E-state index in [1.807, 2.05) is 45.0 Å². The molecule has 0 spiro atoms. The van der Waals surface area contributed by atoms with E-state index in [9.17, 15) is 9.59 Å². The summed E-state index contributed by atoms with van der Waals surface area (Å²) in [5, 5.41) is 5.41. The van der Waals surface area contributed by atoms with E-state index in [1.165, 1.54) is 0 Å². The SMILES string of the molecule is COc1cccc(CCC(=O)NCC(=O)NC(C)(C)C)c1. The maximum absolute atomic E-state index is 11.7. The Morgan fingerprint density at radius 2 is 1.90 bits per heavy atom. The average molecular weight is 292 g/mol. The van der Waals surface area contributed by atoms with Crippen LogP contribution in [0.5, 0.6) is 5.75 Å². The van der Waals surface area contributed by atoms with E-state index >= 15 is 0 Å². The number of hydrogen-bond donors (Lipinski definition) is 2. The van der Waals surface area contributed by atoms with Crippen LogP contribution < -0.4 is 15.4 Å². The van der Waals surface area contributed by atoms with Crippen molar-refractivity contribution in [2.24, 2.45) is 0 Å². The summed E-state index contributed by atoms with van der Waals surface area (Å²) in [7, 11) is 1.61. The highest BCUT2D eigenvalue weighted by molar-refractivity contribution is 5.85. The Morgan fingerprint density at radius 1 is 1.19 bits per heavy atom. The smallest absolute Gasteiger partial charge is 0.239 e. The second kappa shape index (κ2) is 7.67. The van der Waals surface area contributed by atoms with Crippen molar-refractivity contribution in [3.63, 3.8) is 0 Å². The van der Waals surface area contributed by atoms with E-state index in [1.54, 1.807) is 7.11 Å². The van der Waals surface area contributed by atoms with Crippen molar-refractivity contribution < 1.29 is 14.3 Å². The molecule has 0 bridgehead atoms. The van der Waals surface area contributed by atoms with Gasteiger partial charge in [-0.15, -0.1) is 0 Å². The normalized spacial score (nSPS) is 10.9. The molecule has 5 nitrogen and oxygen atoms in total. The summed E-state index contributed by atoms with van der Waals surface area (Å²) in [5.74, 6) is 0.455. The molecule has 116 valence electrons. The van der Waals surface area contributed by atoms with Gasteiger partial charge < -0.3 is 15.4 Å². The Kier molecular flexibility index (Phi) is 6.21. The highest BCUT2D eigenvalue weighted by Gasteiger charge is 2.14. The van der Waals surface area contributed by atoms with Gasteiger partial charge >= 0.3 is 0 Å². The standard InChI is InChI=1S/C16H24N2O3/c1-16(2,3)18-15(20)11-17-14(19)9-8-12-6-5-7-13(10-12)21-4/h5-7,10H,8-9,11H2,1-4H3,(H,17,19)(H,18,20). The second-order valence-electron chi connectivity index (χ2n) is 5.93. The van der Waals surface area contributed by atoms with Crippen LogP contribution in [-0.2, 0) is 16.0 Å². The van der Waals surface area contributed by atoms with Crippen molar-refractivity contribution in [1.82, 2.24) is 10.6 Å². The Hall–Kier alpha value is -2.04. The maximum atomic E-state index is 11.7. The fraction of sp³-hybridized carbons (Fsp3) is 0.500. The molecule has 0 aliphatic rings. The Bertz CT molecular complexity index is 493. The predicted molar refractivity (Wildman–Crippen MR) is 82.2 cm³/mol. The first-order valence-electron chi connectivity index (χ1n) is 7.01. The van der Waals surface area contributed by atoms with E-state index in [2.05, 4.69) is 10.6 Å². The first kappa shape index (κ1) is 17.0. The van der Waals surface area contributed by atoms with Crippen molar-refractivity contribution in [2.75, 3.05) is 13.7 Å². The number of aryl methyl sites for hydroxylation is 1. The maximum Gasteiger partial charge on any atom is 0.239 e. The number of benzene rings is 1. The summed E-state index contributed by atoms with van der Waals surface area (Å²) < 4.78 is 5.13. The number of amides is 2. The topological polar surface area (TPSA) is 67.4 Å². The van der Waals surface area contributed by atoms with Gasteiger partial charge in [-0.3, -0.25) is 9.59 Å². The van der Waals surface area contributed by atoms with Gasteiger partial charge in [0.05, 0.1) is 13.7 Å². The van der Waals surface area contributed by atoms with Crippen LogP contribution in [0.2, 0.25) is 0 Å². The summed E-state index contributed by atoms with van der Waals surface area (Å²) >= 11 is 0. The zero-order chi connectivity index (χ0) is 15.9. The lowest BCUT2D eigenvalue weighted by atomic mass is 10.1. The van der Waals surface area contributed by atoms with E-state index in [4.69, 9.17) is 4.74 Å². The molecular weight excluding hydrogens is 268 g/mol. The molecule has 0 unspecified atom stereocenters. The van der Waals surface area contributed by atoms with Crippen LogP contribution in [0.4, 0.5) is 0 Å². The van der Waals surface area contributed by atoms with Crippen LogP contribution in [-0.4, -0.2) is 31.0 Å². The van der Waals surface area contributed by atoms with Crippen LogP contribution in [0.3, 0.4) is 0 Å². The first-order chi connectivity index (χ1) is 9.80. The zero-order valence-electron chi connectivity index (χ0n) is 13.2. The molecule has 0 radical (unpaired) electrons.